The van der Waals surface area contributed by atoms with Gasteiger partial charge in [0.2, 0.25) is 0 Å². The topological polar surface area (TPSA) is 81.8 Å². The van der Waals surface area contributed by atoms with E-state index in [2.05, 4.69) is 43.1 Å². The van der Waals surface area contributed by atoms with Gasteiger partial charge < -0.3 is 10.3 Å². The molecule has 0 fully saturated rings. The van der Waals surface area contributed by atoms with Crippen molar-refractivity contribution in [3.63, 3.8) is 0 Å². The van der Waals surface area contributed by atoms with E-state index in [1.807, 2.05) is 31.3 Å². The van der Waals surface area contributed by atoms with E-state index in [0.29, 0.717) is 6.54 Å². The first-order valence-electron chi connectivity index (χ1n) is 10.3. The summed E-state index contributed by atoms with van der Waals surface area (Å²) < 4.78 is 13.8. The van der Waals surface area contributed by atoms with Crippen LogP contribution < -0.4 is 5.32 Å². The fourth-order valence-corrected chi connectivity index (χ4v) is 3.92. The van der Waals surface area contributed by atoms with E-state index in [1.165, 1.54) is 6.07 Å². The Hall–Kier alpha value is -4.26. The molecule has 7 heteroatoms. The van der Waals surface area contributed by atoms with Crippen molar-refractivity contribution in [3.8, 4) is 11.4 Å². The summed E-state index contributed by atoms with van der Waals surface area (Å²) >= 11 is 0. The zero-order valence-corrected chi connectivity index (χ0v) is 17.5. The average Bonchev–Trinajstić information content (AvgIpc) is 3.43. The minimum Gasteiger partial charge on any atom is -0.385 e. The van der Waals surface area contributed by atoms with Gasteiger partial charge in [-0.15, -0.1) is 0 Å². The highest BCUT2D eigenvalue weighted by atomic mass is 19.1. The highest BCUT2D eigenvalue weighted by Gasteiger charge is 2.20. The second-order valence-electron chi connectivity index (χ2n) is 7.40. The van der Waals surface area contributed by atoms with Crippen molar-refractivity contribution in [1.82, 2.24) is 25.5 Å². The minimum atomic E-state index is -0.261. The summed E-state index contributed by atoms with van der Waals surface area (Å²) in [6, 6.07) is 10.7. The number of rotatable bonds is 5. The van der Waals surface area contributed by atoms with Gasteiger partial charge >= 0.3 is 0 Å². The summed E-state index contributed by atoms with van der Waals surface area (Å²) in [5.74, 6) is -0.261. The van der Waals surface area contributed by atoms with Crippen molar-refractivity contribution >= 4 is 28.4 Å². The molecule has 3 N–H and O–H groups in total. The second kappa shape index (κ2) is 8.11. The zero-order valence-electron chi connectivity index (χ0n) is 17.5. The molecule has 4 heterocycles. The highest BCUT2D eigenvalue weighted by Crippen LogP contribution is 2.34. The molecule has 0 amide bonds. The number of pyridine rings is 1. The molecule has 1 aliphatic rings. The largest absolute Gasteiger partial charge is 0.385 e. The lowest BCUT2D eigenvalue weighted by molar-refractivity contribution is 0.627. The van der Waals surface area contributed by atoms with E-state index in [4.69, 9.17) is 0 Å². The number of aromatic nitrogens is 4. The Kier molecular flexibility index (Phi) is 4.99. The van der Waals surface area contributed by atoms with Crippen molar-refractivity contribution in [1.29, 1.82) is 0 Å². The molecule has 0 aliphatic carbocycles. The van der Waals surface area contributed by atoms with Gasteiger partial charge in [-0.1, -0.05) is 30.9 Å². The Balaban J connectivity index is 1.59. The predicted octanol–water partition coefficient (Wildman–Crippen LogP) is 5.20. The van der Waals surface area contributed by atoms with Crippen molar-refractivity contribution in [3.05, 3.63) is 95.9 Å². The van der Waals surface area contributed by atoms with Gasteiger partial charge in [-0.3, -0.25) is 15.1 Å². The number of hydrogen-bond acceptors (Lipinski definition) is 4. The molecule has 0 bridgehead atoms. The molecule has 1 aliphatic heterocycles. The number of halogens is 1. The maximum absolute atomic E-state index is 13.8. The Bertz CT molecular complexity index is 1420. The van der Waals surface area contributed by atoms with Crippen LogP contribution in [0, 0.1) is 5.82 Å². The number of aromatic amines is 2. The summed E-state index contributed by atoms with van der Waals surface area (Å²) in [5, 5.41) is 11.8. The van der Waals surface area contributed by atoms with Gasteiger partial charge in [-0.25, -0.2) is 4.39 Å². The molecule has 1 aromatic carbocycles. The van der Waals surface area contributed by atoms with E-state index in [1.54, 1.807) is 30.6 Å². The van der Waals surface area contributed by atoms with Crippen LogP contribution in [0.1, 0.15) is 29.4 Å². The number of allylic oxidation sites excluding steroid dienone is 2. The quantitative estimate of drug-likeness (QED) is 0.385. The van der Waals surface area contributed by atoms with E-state index in [-0.39, 0.29) is 5.82 Å². The molecule has 0 spiro atoms. The summed E-state index contributed by atoms with van der Waals surface area (Å²) in [4.78, 5) is 12.4. The van der Waals surface area contributed by atoms with Gasteiger partial charge in [-0.05, 0) is 36.8 Å². The first-order chi connectivity index (χ1) is 15.7. The third-order valence-electron chi connectivity index (χ3n) is 5.41. The molecule has 0 unspecified atom stereocenters. The Labute approximate surface area is 184 Å². The Morgan fingerprint density at radius 2 is 2.16 bits per heavy atom. The van der Waals surface area contributed by atoms with Gasteiger partial charge in [0, 0.05) is 34.6 Å². The van der Waals surface area contributed by atoms with Gasteiger partial charge in [0.25, 0.3) is 0 Å². The Morgan fingerprint density at radius 3 is 2.97 bits per heavy atom. The van der Waals surface area contributed by atoms with Gasteiger partial charge in [0.1, 0.15) is 11.5 Å². The maximum atomic E-state index is 13.8. The average molecular weight is 424 g/mol. The number of benzene rings is 1. The lowest BCUT2D eigenvalue weighted by Crippen LogP contribution is -2.13. The first-order valence-corrected chi connectivity index (χ1v) is 10.3. The van der Waals surface area contributed by atoms with Gasteiger partial charge in [-0.2, -0.15) is 5.10 Å². The van der Waals surface area contributed by atoms with Crippen LogP contribution >= 0.6 is 0 Å². The van der Waals surface area contributed by atoms with Crippen LogP contribution in [-0.4, -0.2) is 26.4 Å². The van der Waals surface area contributed by atoms with Crippen molar-refractivity contribution in [2.24, 2.45) is 4.99 Å². The summed E-state index contributed by atoms with van der Waals surface area (Å²) in [7, 11) is 0. The predicted molar refractivity (Wildman–Crippen MR) is 126 cm³/mol. The van der Waals surface area contributed by atoms with Gasteiger partial charge in [0.15, 0.2) is 0 Å². The SMILES string of the molecule is C=CC=N/C(=C\C)c1cc2c(-c3cc4c([nH]3)CNC=C4c3cccc(F)c3)n[nH]c2cn1. The van der Waals surface area contributed by atoms with E-state index >= 15 is 0 Å². The van der Waals surface area contributed by atoms with Crippen LogP contribution in [-0.2, 0) is 6.54 Å². The standard InChI is InChI=1S/C25H21FN6/c1-3-8-28-20(4-2)21-11-18-24(14-29-21)31-32-25(18)22-10-17-19(12-27-13-23(17)30-22)15-6-5-7-16(26)9-15/h3-12,14,27,30H,1,13H2,2H3,(H,31,32)/b20-4-,28-8?. The minimum absolute atomic E-state index is 0.261. The number of fused-ring (bicyclic) bond motifs is 2. The number of aliphatic imine (C=N–C) groups is 1. The van der Waals surface area contributed by atoms with Crippen molar-refractivity contribution in [2.75, 3.05) is 0 Å². The Morgan fingerprint density at radius 1 is 1.25 bits per heavy atom. The van der Waals surface area contributed by atoms with E-state index < -0.39 is 0 Å². The smallest absolute Gasteiger partial charge is 0.123 e. The molecule has 5 rings (SSSR count). The van der Waals surface area contributed by atoms with Crippen LogP contribution in [0.4, 0.5) is 4.39 Å². The monoisotopic (exact) mass is 424 g/mol. The second-order valence-corrected chi connectivity index (χ2v) is 7.40. The van der Waals surface area contributed by atoms with E-state index in [0.717, 1.165) is 56.1 Å². The van der Waals surface area contributed by atoms with Crippen molar-refractivity contribution in [2.45, 2.75) is 13.5 Å². The molecule has 0 radical (unpaired) electrons. The van der Waals surface area contributed by atoms with Crippen LogP contribution in [0.5, 0.6) is 0 Å². The van der Waals surface area contributed by atoms with Gasteiger partial charge in [0.05, 0.1) is 35.3 Å². The molecular weight excluding hydrogens is 403 g/mol. The fraction of sp³-hybridized carbons (Fsp3) is 0.0800. The molecule has 32 heavy (non-hydrogen) atoms. The zero-order chi connectivity index (χ0) is 22.1. The fourth-order valence-electron chi connectivity index (χ4n) is 3.92. The number of hydrogen-bond donors (Lipinski definition) is 3. The molecule has 3 aromatic heterocycles. The van der Waals surface area contributed by atoms with Crippen LogP contribution in [0.3, 0.4) is 0 Å². The molecular formula is C25H21FN6. The van der Waals surface area contributed by atoms with Crippen LogP contribution in [0.15, 0.2) is 72.5 Å². The summed E-state index contributed by atoms with van der Waals surface area (Å²) in [5.41, 5.74) is 7.81. The molecule has 0 atom stereocenters. The lowest BCUT2D eigenvalue weighted by Gasteiger charge is -2.15. The van der Waals surface area contributed by atoms with Crippen LogP contribution in [0.25, 0.3) is 33.6 Å². The highest BCUT2D eigenvalue weighted by molar-refractivity contribution is 5.95. The van der Waals surface area contributed by atoms with Crippen molar-refractivity contribution < 1.29 is 4.39 Å². The number of H-pyrrole nitrogens is 2. The lowest BCUT2D eigenvalue weighted by atomic mass is 9.96. The third kappa shape index (κ3) is 3.43. The first kappa shape index (κ1) is 19.7. The molecule has 0 saturated heterocycles. The van der Waals surface area contributed by atoms with E-state index in [9.17, 15) is 4.39 Å². The molecule has 6 nitrogen and oxygen atoms in total. The molecule has 158 valence electrons. The third-order valence-corrected chi connectivity index (χ3v) is 5.41. The normalized spacial score (nSPS) is 13.8. The molecule has 0 saturated carbocycles. The number of nitrogens with one attached hydrogen (secondary N) is 3. The van der Waals surface area contributed by atoms with Crippen LogP contribution in [0.2, 0.25) is 0 Å². The summed E-state index contributed by atoms with van der Waals surface area (Å²) in [6.45, 7) is 6.25. The molecule has 4 aromatic rings. The maximum Gasteiger partial charge on any atom is 0.123 e. The summed E-state index contributed by atoms with van der Waals surface area (Å²) in [6.07, 6.45) is 8.87. The number of nitrogens with zero attached hydrogens (tertiary/aromatic N) is 3.